The van der Waals surface area contributed by atoms with Crippen LogP contribution in [0.15, 0.2) is 91.0 Å². The molecule has 4 aromatic rings. The lowest BCUT2D eigenvalue weighted by Gasteiger charge is -2.22. The highest BCUT2D eigenvalue weighted by molar-refractivity contribution is 6.01. The van der Waals surface area contributed by atoms with Crippen molar-refractivity contribution in [1.82, 2.24) is 0 Å². The van der Waals surface area contributed by atoms with Gasteiger partial charge in [-0.15, -0.1) is 0 Å². The molecule has 138 valence electrons. The summed E-state index contributed by atoms with van der Waals surface area (Å²) in [5, 5.41) is 0. The number of benzene rings is 4. The topological polar surface area (TPSA) is 38.0 Å². The van der Waals surface area contributed by atoms with Gasteiger partial charge in [0.15, 0.2) is 0 Å². The van der Waals surface area contributed by atoms with Crippen molar-refractivity contribution in [2.24, 2.45) is 5.84 Å². The maximum atomic E-state index is 5.96. The Hall–Kier alpha value is -3.36. The number of anilines is 1. The molecule has 28 heavy (non-hydrogen) atoms. The van der Waals surface area contributed by atoms with Gasteiger partial charge >= 0.3 is 0 Å². The highest BCUT2D eigenvalue weighted by atomic mass is 15.2. The predicted molar refractivity (Wildman–Crippen MR) is 120 cm³/mol. The highest BCUT2D eigenvalue weighted by Crippen LogP contribution is 2.45. The van der Waals surface area contributed by atoms with Crippen molar-refractivity contribution in [2.75, 3.05) is 5.43 Å². The summed E-state index contributed by atoms with van der Waals surface area (Å²) in [4.78, 5) is 0. The largest absolute Gasteiger partial charge is 0.323 e. The van der Waals surface area contributed by atoms with Crippen LogP contribution in [0.1, 0.15) is 11.1 Å². The van der Waals surface area contributed by atoms with E-state index in [2.05, 4.69) is 110 Å². The van der Waals surface area contributed by atoms with Gasteiger partial charge in [-0.2, -0.15) is 0 Å². The Balaban J connectivity index is 2.15. The third kappa shape index (κ3) is 3.19. The minimum atomic E-state index is 0.923. The number of rotatable bonds is 4. The quantitative estimate of drug-likeness (QED) is 0.317. The van der Waals surface area contributed by atoms with E-state index in [0.717, 1.165) is 11.3 Å². The van der Waals surface area contributed by atoms with Crippen molar-refractivity contribution < 1.29 is 0 Å². The lowest BCUT2D eigenvalue weighted by Crippen LogP contribution is -2.09. The van der Waals surface area contributed by atoms with Crippen LogP contribution in [-0.2, 0) is 0 Å². The molecule has 0 fully saturated rings. The molecule has 4 rings (SSSR count). The molecule has 0 saturated carbocycles. The second-order valence-corrected chi connectivity index (χ2v) is 7.05. The summed E-state index contributed by atoms with van der Waals surface area (Å²) < 4.78 is 0. The normalized spacial score (nSPS) is 10.7. The van der Waals surface area contributed by atoms with Crippen molar-refractivity contribution in [3.8, 4) is 33.4 Å². The second-order valence-electron chi connectivity index (χ2n) is 7.05. The van der Waals surface area contributed by atoms with Crippen LogP contribution >= 0.6 is 0 Å². The number of hydrogen-bond acceptors (Lipinski definition) is 2. The molecule has 0 radical (unpaired) electrons. The van der Waals surface area contributed by atoms with E-state index in [4.69, 9.17) is 5.84 Å². The first kappa shape index (κ1) is 18.0. The Kier molecular flexibility index (Phi) is 4.96. The Morgan fingerprint density at radius 2 is 1.07 bits per heavy atom. The Labute approximate surface area is 166 Å². The van der Waals surface area contributed by atoms with Crippen LogP contribution in [0.25, 0.3) is 33.4 Å². The van der Waals surface area contributed by atoms with Crippen LogP contribution < -0.4 is 11.3 Å². The first-order valence-corrected chi connectivity index (χ1v) is 9.51. The van der Waals surface area contributed by atoms with E-state index in [-0.39, 0.29) is 0 Å². The van der Waals surface area contributed by atoms with E-state index in [1.165, 1.54) is 38.9 Å². The van der Waals surface area contributed by atoms with E-state index in [9.17, 15) is 0 Å². The molecule has 0 aliphatic rings. The van der Waals surface area contributed by atoms with E-state index >= 15 is 0 Å². The van der Waals surface area contributed by atoms with Gasteiger partial charge in [-0.1, -0.05) is 84.9 Å². The monoisotopic (exact) mass is 364 g/mol. The summed E-state index contributed by atoms with van der Waals surface area (Å²) in [5.41, 5.74) is 13.5. The summed E-state index contributed by atoms with van der Waals surface area (Å²) in [6.45, 7) is 4.31. The fourth-order valence-corrected chi connectivity index (χ4v) is 3.85. The van der Waals surface area contributed by atoms with Crippen molar-refractivity contribution in [3.63, 3.8) is 0 Å². The van der Waals surface area contributed by atoms with Gasteiger partial charge in [0, 0.05) is 5.56 Å². The molecule has 0 heterocycles. The number of hydrazine groups is 1. The zero-order chi connectivity index (χ0) is 19.5. The zero-order valence-electron chi connectivity index (χ0n) is 16.2. The number of nitrogens with two attached hydrogens (primary N) is 1. The van der Waals surface area contributed by atoms with Crippen LogP contribution in [-0.4, -0.2) is 0 Å². The van der Waals surface area contributed by atoms with Gasteiger partial charge in [0.25, 0.3) is 0 Å². The standard InChI is InChI=1S/C26H24N2/c1-18-10-6-8-14-21(18)25-23(20-12-4-3-5-13-20)16-17-24(28-27)26(25)22-15-9-7-11-19(22)2/h3-17,28H,27H2,1-2H3. The molecular weight excluding hydrogens is 340 g/mol. The molecule has 4 aromatic carbocycles. The maximum absolute atomic E-state index is 5.96. The molecule has 0 aliphatic heterocycles. The fraction of sp³-hybridized carbons (Fsp3) is 0.0769. The number of aryl methyl sites for hydroxylation is 2. The van der Waals surface area contributed by atoms with Gasteiger partial charge in [0.1, 0.15) is 0 Å². The minimum Gasteiger partial charge on any atom is -0.323 e. The molecule has 0 bridgehead atoms. The summed E-state index contributed by atoms with van der Waals surface area (Å²) >= 11 is 0. The Morgan fingerprint density at radius 3 is 1.64 bits per heavy atom. The van der Waals surface area contributed by atoms with Crippen LogP contribution in [0.5, 0.6) is 0 Å². The van der Waals surface area contributed by atoms with Crippen molar-refractivity contribution in [3.05, 3.63) is 102 Å². The zero-order valence-corrected chi connectivity index (χ0v) is 16.2. The van der Waals surface area contributed by atoms with Crippen LogP contribution in [0.2, 0.25) is 0 Å². The maximum Gasteiger partial charge on any atom is 0.0570 e. The molecule has 0 unspecified atom stereocenters. The first-order valence-electron chi connectivity index (χ1n) is 9.51. The average Bonchev–Trinajstić information content (AvgIpc) is 2.74. The van der Waals surface area contributed by atoms with Gasteiger partial charge in [-0.25, -0.2) is 0 Å². The van der Waals surface area contributed by atoms with E-state index in [0.29, 0.717) is 0 Å². The predicted octanol–water partition coefficient (Wildman–Crippen LogP) is 6.59. The van der Waals surface area contributed by atoms with Gasteiger partial charge < -0.3 is 5.43 Å². The van der Waals surface area contributed by atoms with Gasteiger partial charge in [-0.05, 0) is 58.9 Å². The first-order chi connectivity index (χ1) is 13.7. The Morgan fingerprint density at radius 1 is 0.536 bits per heavy atom. The van der Waals surface area contributed by atoms with Gasteiger partial charge in [0.2, 0.25) is 0 Å². The minimum absolute atomic E-state index is 0.923. The summed E-state index contributed by atoms with van der Waals surface area (Å²) in [7, 11) is 0. The summed E-state index contributed by atoms with van der Waals surface area (Å²) in [6, 6.07) is 31.8. The highest BCUT2D eigenvalue weighted by Gasteiger charge is 2.19. The summed E-state index contributed by atoms with van der Waals surface area (Å²) in [6.07, 6.45) is 0. The molecule has 0 aromatic heterocycles. The number of hydrogen-bond donors (Lipinski definition) is 2. The SMILES string of the molecule is Cc1ccccc1-c1c(NN)ccc(-c2ccccc2)c1-c1ccccc1C. The Bertz CT molecular complexity index is 1110. The third-order valence-electron chi connectivity index (χ3n) is 5.27. The smallest absolute Gasteiger partial charge is 0.0570 e. The van der Waals surface area contributed by atoms with Crippen LogP contribution in [0, 0.1) is 13.8 Å². The third-order valence-corrected chi connectivity index (χ3v) is 5.27. The van der Waals surface area contributed by atoms with Gasteiger partial charge in [0.05, 0.1) is 5.69 Å². The van der Waals surface area contributed by atoms with Crippen LogP contribution in [0.4, 0.5) is 5.69 Å². The van der Waals surface area contributed by atoms with Crippen molar-refractivity contribution in [1.29, 1.82) is 0 Å². The molecule has 2 nitrogen and oxygen atoms in total. The molecule has 3 N–H and O–H groups in total. The van der Waals surface area contributed by atoms with Crippen LogP contribution in [0.3, 0.4) is 0 Å². The lowest BCUT2D eigenvalue weighted by atomic mass is 9.84. The van der Waals surface area contributed by atoms with E-state index in [1.807, 2.05) is 0 Å². The van der Waals surface area contributed by atoms with Gasteiger partial charge in [-0.3, -0.25) is 5.84 Å². The molecule has 0 amide bonds. The number of nitrogens with one attached hydrogen (secondary N) is 1. The van der Waals surface area contributed by atoms with E-state index < -0.39 is 0 Å². The molecule has 0 aliphatic carbocycles. The van der Waals surface area contributed by atoms with Crippen molar-refractivity contribution in [2.45, 2.75) is 13.8 Å². The average molecular weight is 364 g/mol. The molecule has 2 heteroatoms. The lowest BCUT2D eigenvalue weighted by molar-refractivity contribution is 1.34. The fourth-order valence-electron chi connectivity index (χ4n) is 3.85. The van der Waals surface area contributed by atoms with Crippen molar-refractivity contribution >= 4 is 5.69 Å². The van der Waals surface area contributed by atoms with E-state index in [1.54, 1.807) is 0 Å². The summed E-state index contributed by atoms with van der Waals surface area (Å²) in [5.74, 6) is 5.96. The molecule has 0 atom stereocenters. The number of nitrogen functional groups attached to an aromatic ring is 1. The second kappa shape index (κ2) is 7.71. The molecule has 0 spiro atoms. The molecule has 0 saturated heterocycles. The molecular formula is C26H24N2.